The molecule has 1 aromatic carbocycles. The van der Waals surface area contributed by atoms with Crippen molar-refractivity contribution in [1.82, 2.24) is 5.32 Å². The molecule has 0 atom stereocenters. The van der Waals surface area contributed by atoms with E-state index < -0.39 is 0 Å². The van der Waals surface area contributed by atoms with E-state index in [-0.39, 0.29) is 5.54 Å². The first-order valence-corrected chi connectivity index (χ1v) is 6.93. The fourth-order valence-electron chi connectivity index (χ4n) is 2.01. The Kier molecular flexibility index (Phi) is 4.66. The molecule has 0 amide bonds. The summed E-state index contributed by atoms with van der Waals surface area (Å²) in [6.07, 6.45) is 1.97. The van der Waals surface area contributed by atoms with Gasteiger partial charge in [-0.15, -0.1) is 0 Å². The van der Waals surface area contributed by atoms with Crippen LogP contribution < -0.4 is 20.5 Å². The molecule has 106 valence electrons. The molecule has 0 saturated carbocycles. The van der Waals surface area contributed by atoms with Crippen LogP contribution in [0.5, 0.6) is 11.5 Å². The molecule has 0 bridgehead atoms. The summed E-state index contributed by atoms with van der Waals surface area (Å²) in [5.41, 5.74) is 7.11. The quantitative estimate of drug-likeness (QED) is 0.768. The van der Waals surface area contributed by atoms with Crippen LogP contribution in [0.15, 0.2) is 18.2 Å². The fourth-order valence-corrected chi connectivity index (χ4v) is 2.01. The highest BCUT2D eigenvalue weighted by molar-refractivity contribution is 5.43. The summed E-state index contributed by atoms with van der Waals surface area (Å²) in [6.45, 7) is 7.29. The van der Waals surface area contributed by atoms with Crippen molar-refractivity contribution in [2.75, 3.05) is 26.3 Å². The number of hydrogen-bond donors (Lipinski definition) is 2. The second kappa shape index (κ2) is 6.26. The lowest BCUT2D eigenvalue weighted by Gasteiger charge is -2.19. The molecule has 1 aliphatic heterocycles. The van der Waals surface area contributed by atoms with E-state index in [1.54, 1.807) is 0 Å². The molecule has 19 heavy (non-hydrogen) atoms. The van der Waals surface area contributed by atoms with Crippen molar-refractivity contribution in [2.45, 2.75) is 32.2 Å². The van der Waals surface area contributed by atoms with E-state index in [0.29, 0.717) is 13.2 Å². The van der Waals surface area contributed by atoms with Gasteiger partial charge in [0.25, 0.3) is 0 Å². The van der Waals surface area contributed by atoms with E-state index in [1.807, 2.05) is 6.07 Å². The zero-order valence-electron chi connectivity index (χ0n) is 11.9. The third-order valence-corrected chi connectivity index (χ3v) is 3.14. The van der Waals surface area contributed by atoms with Crippen LogP contribution >= 0.6 is 0 Å². The molecule has 0 spiro atoms. The molecule has 0 aromatic heterocycles. The number of rotatable bonds is 6. The third kappa shape index (κ3) is 4.73. The van der Waals surface area contributed by atoms with Gasteiger partial charge in [0, 0.05) is 5.54 Å². The smallest absolute Gasteiger partial charge is 0.161 e. The van der Waals surface area contributed by atoms with Gasteiger partial charge in [0.1, 0.15) is 13.2 Å². The third-order valence-electron chi connectivity index (χ3n) is 3.14. The lowest BCUT2D eigenvalue weighted by molar-refractivity contribution is 0.171. The highest BCUT2D eigenvalue weighted by atomic mass is 16.6. The Morgan fingerprint density at radius 2 is 1.89 bits per heavy atom. The minimum Gasteiger partial charge on any atom is -0.486 e. The summed E-state index contributed by atoms with van der Waals surface area (Å²) in [4.78, 5) is 0. The van der Waals surface area contributed by atoms with Gasteiger partial charge >= 0.3 is 0 Å². The number of nitrogens with two attached hydrogens (primary N) is 1. The highest BCUT2D eigenvalue weighted by Crippen LogP contribution is 2.30. The minimum absolute atomic E-state index is 0.0933. The Balaban J connectivity index is 1.74. The van der Waals surface area contributed by atoms with E-state index in [9.17, 15) is 0 Å². The van der Waals surface area contributed by atoms with Crippen LogP contribution in [-0.2, 0) is 6.42 Å². The lowest BCUT2D eigenvalue weighted by atomic mass is 10.0. The molecule has 0 aliphatic carbocycles. The predicted octanol–water partition coefficient (Wildman–Crippen LogP) is 1.72. The summed E-state index contributed by atoms with van der Waals surface area (Å²) in [5.74, 6) is 1.72. The Hall–Kier alpha value is -1.26. The maximum atomic E-state index is 5.93. The molecular weight excluding hydrogens is 240 g/mol. The van der Waals surface area contributed by atoms with Crippen molar-refractivity contribution >= 4 is 0 Å². The molecule has 3 N–H and O–H groups in total. The summed E-state index contributed by atoms with van der Waals surface area (Å²) in [5, 5.41) is 3.42. The van der Waals surface area contributed by atoms with Gasteiger partial charge in [0.15, 0.2) is 11.5 Å². The molecule has 2 rings (SSSR count). The fraction of sp³-hybridized carbons (Fsp3) is 0.600. The molecule has 0 radical (unpaired) electrons. The van der Waals surface area contributed by atoms with Gasteiger partial charge in [0.2, 0.25) is 0 Å². The first-order valence-electron chi connectivity index (χ1n) is 6.93. The number of fused-ring (bicyclic) bond motifs is 1. The summed E-state index contributed by atoms with van der Waals surface area (Å²) >= 11 is 0. The van der Waals surface area contributed by atoms with E-state index in [4.69, 9.17) is 15.2 Å². The van der Waals surface area contributed by atoms with Gasteiger partial charge in [0.05, 0.1) is 0 Å². The van der Waals surface area contributed by atoms with Crippen LogP contribution in [0.1, 0.15) is 25.8 Å². The number of hydrogen-bond acceptors (Lipinski definition) is 4. The van der Waals surface area contributed by atoms with Crippen LogP contribution in [-0.4, -0.2) is 31.8 Å². The second-order valence-electron chi connectivity index (χ2n) is 5.72. The molecule has 1 aliphatic rings. The summed E-state index contributed by atoms with van der Waals surface area (Å²) < 4.78 is 11.1. The van der Waals surface area contributed by atoms with E-state index in [2.05, 4.69) is 31.3 Å². The summed E-state index contributed by atoms with van der Waals surface area (Å²) in [6, 6.07) is 6.16. The van der Waals surface area contributed by atoms with Crippen molar-refractivity contribution in [3.63, 3.8) is 0 Å². The minimum atomic E-state index is -0.0933. The van der Waals surface area contributed by atoms with Crippen LogP contribution in [0.4, 0.5) is 0 Å². The Morgan fingerprint density at radius 1 is 1.16 bits per heavy atom. The zero-order chi connectivity index (χ0) is 13.7. The Bertz CT molecular complexity index is 413. The van der Waals surface area contributed by atoms with Gasteiger partial charge in [-0.1, -0.05) is 6.07 Å². The van der Waals surface area contributed by atoms with Crippen LogP contribution in [0, 0.1) is 0 Å². The van der Waals surface area contributed by atoms with Crippen molar-refractivity contribution < 1.29 is 9.47 Å². The predicted molar refractivity (Wildman–Crippen MR) is 76.9 cm³/mol. The average molecular weight is 264 g/mol. The Morgan fingerprint density at radius 3 is 2.63 bits per heavy atom. The van der Waals surface area contributed by atoms with Gasteiger partial charge < -0.3 is 20.5 Å². The maximum Gasteiger partial charge on any atom is 0.161 e. The molecule has 0 saturated heterocycles. The number of ether oxygens (including phenoxy) is 2. The van der Waals surface area contributed by atoms with Gasteiger partial charge in [-0.25, -0.2) is 0 Å². The SMILES string of the molecule is CC(C)(N)CCNCCc1ccc2c(c1)OCCO2. The maximum absolute atomic E-state index is 5.93. The molecule has 0 unspecified atom stereocenters. The van der Waals surface area contributed by atoms with Gasteiger partial charge in [-0.05, 0) is 57.5 Å². The normalized spacial score (nSPS) is 14.5. The Labute approximate surface area is 115 Å². The van der Waals surface area contributed by atoms with Crippen LogP contribution in [0.25, 0.3) is 0 Å². The first kappa shape index (κ1) is 14.2. The average Bonchev–Trinajstić information content (AvgIpc) is 2.37. The van der Waals surface area contributed by atoms with E-state index >= 15 is 0 Å². The zero-order valence-corrected chi connectivity index (χ0v) is 11.9. The van der Waals surface area contributed by atoms with Crippen LogP contribution in [0.2, 0.25) is 0 Å². The molecule has 1 aromatic rings. The number of nitrogens with one attached hydrogen (secondary N) is 1. The van der Waals surface area contributed by atoms with E-state index in [0.717, 1.165) is 37.4 Å². The number of benzene rings is 1. The van der Waals surface area contributed by atoms with Gasteiger partial charge in [-0.3, -0.25) is 0 Å². The molecule has 1 heterocycles. The lowest BCUT2D eigenvalue weighted by Crippen LogP contribution is -2.36. The molecule has 4 nitrogen and oxygen atoms in total. The largest absolute Gasteiger partial charge is 0.486 e. The van der Waals surface area contributed by atoms with Crippen molar-refractivity contribution in [3.05, 3.63) is 23.8 Å². The molecule has 4 heteroatoms. The second-order valence-corrected chi connectivity index (χ2v) is 5.72. The molecular formula is C15H24N2O2. The van der Waals surface area contributed by atoms with Crippen LogP contribution in [0.3, 0.4) is 0 Å². The standard InChI is InChI=1S/C15H24N2O2/c1-15(2,16)6-8-17-7-5-12-3-4-13-14(11-12)19-10-9-18-13/h3-4,11,17H,5-10,16H2,1-2H3. The molecule has 0 fully saturated rings. The van der Waals surface area contributed by atoms with Crippen molar-refractivity contribution in [3.8, 4) is 11.5 Å². The topological polar surface area (TPSA) is 56.5 Å². The monoisotopic (exact) mass is 264 g/mol. The van der Waals surface area contributed by atoms with Crippen molar-refractivity contribution in [1.29, 1.82) is 0 Å². The van der Waals surface area contributed by atoms with E-state index in [1.165, 1.54) is 5.56 Å². The van der Waals surface area contributed by atoms with Gasteiger partial charge in [-0.2, -0.15) is 0 Å². The first-order chi connectivity index (χ1) is 9.04. The summed E-state index contributed by atoms with van der Waals surface area (Å²) in [7, 11) is 0. The van der Waals surface area contributed by atoms with Crippen molar-refractivity contribution in [2.24, 2.45) is 5.73 Å². The highest BCUT2D eigenvalue weighted by Gasteiger charge is 2.12.